The van der Waals surface area contributed by atoms with Crippen LogP contribution in [0, 0.1) is 5.82 Å². The predicted octanol–water partition coefficient (Wildman–Crippen LogP) is 4.42. The molecular weight excluding hydrogens is 287 g/mol. The molecule has 0 spiro atoms. The van der Waals surface area contributed by atoms with E-state index in [1.807, 2.05) is 12.1 Å². The number of methoxy groups -OCH3 is 1. The summed E-state index contributed by atoms with van der Waals surface area (Å²) < 4.78 is 18.2. The van der Waals surface area contributed by atoms with Crippen LogP contribution in [0.15, 0.2) is 52.3 Å². The summed E-state index contributed by atoms with van der Waals surface area (Å²) >= 11 is 7.18. The van der Waals surface area contributed by atoms with Gasteiger partial charge in [0.15, 0.2) is 0 Å². The number of hydrogen-bond donors (Lipinski definition) is 0. The van der Waals surface area contributed by atoms with Gasteiger partial charge >= 0.3 is 5.97 Å². The minimum absolute atomic E-state index is 0.0667. The van der Waals surface area contributed by atoms with Gasteiger partial charge in [-0.1, -0.05) is 23.4 Å². The molecule has 2 aromatic carbocycles. The standard InChI is InChI=1S/C14H10ClFO2S/c1-18-14(17)12-7-6-11(8-13(12)16)19-10-4-2-9(15)3-5-10/h2-8H,1H3. The van der Waals surface area contributed by atoms with Crippen LogP contribution >= 0.6 is 23.4 Å². The van der Waals surface area contributed by atoms with E-state index in [4.69, 9.17) is 11.6 Å². The Bertz CT molecular complexity index is 599. The van der Waals surface area contributed by atoms with Crippen molar-refractivity contribution in [1.29, 1.82) is 0 Å². The summed E-state index contributed by atoms with van der Waals surface area (Å²) in [7, 11) is 1.22. The van der Waals surface area contributed by atoms with E-state index in [1.165, 1.54) is 31.0 Å². The Balaban J connectivity index is 2.20. The van der Waals surface area contributed by atoms with Crippen LogP contribution in [0.2, 0.25) is 5.02 Å². The van der Waals surface area contributed by atoms with Crippen LogP contribution in [0.1, 0.15) is 10.4 Å². The molecule has 19 heavy (non-hydrogen) atoms. The number of rotatable bonds is 3. The van der Waals surface area contributed by atoms with Crippen molar-refractivity contribution < 1.29 is 13.9 Å². The number of esters is 1. The van der Waals surface area contributed by atoms with Crippen molar-refractivity contribution >= 4 is 29.3 Å². The van der Waals surface area contributed by atoms with E-state index in [0.717, 1.165) is 4.90 Å². The fourth-order valence-corrected chi connectivity index (χ4v) is 2.44. The van der Waals surface area contributed by atoms with Crippen molar-refractivity contribution in [3.05, 3.63) is 58.9 Å². The van der Waals surface area contributed by atoms with Gasteiger partial charge in [-0.3, -0.25) is 0 Å². The number of benzene rings is 2. The molecule has 0 saturated heterocycles. The second kappa shape index (κ2) is 6.08. The molecule has 0 aliphatic carbocycles. The Kier molecular flexibility index (Phi) is 4.45. The Morgan fingerprint density at radius 3 is 2.37 bits per heavy atom. The van der Waals surface area contributed by atoms with E-state index in [0.29, 0.717) is 9.92 Å². The maximum Gasteiger partial charge on any atom is 0.340 e. The normalized spacial score (nSPS) is 10.3. The first-order valence-corrected chi connectivity index (χ1v) is 6.61. The zero-order valence-electron chi connectivity index (χ0n) is 10.0. The second-order valence-electron chi connectivity index (χ2n) is 3.69. The lowest BCUT2D eigenvalue weighted by Crippen LogP contribution is -2.04. The Hall–Kier alpha value is -1.52. The third-order valence-electron chi connectivity index (χ3n) is 2.40. The molecule has 98 valence electrons. The summed E-state index contributed by atoms with van der Waals surface area (Å²) in [5, 5.41) is 0.650. The van der Waals surface area contributed by atoms with Crippen molar-refractivity contribution in [2.24, 2.45) is 0 Å². The molecule has 0 aromatic heterocycles. The molecule has 2 aromatic rings. The van der Waals surface area contributed by atoms with Crippen LogP contribution in [-0.2, 0) is 4.74 Å². The van der Waals surface area contributed by atoms with Gasteiger partial charge in [0.2, 0.25) is 0 Å². The third-order valence-corrected chi connectivity index (χ3v) is 3.64. The summed E-state index contributed by atoms with van der Waals surface area (Å²) in [4.78, 5) is 12.9. The Morgan fingerprint density at radius 1 is 1.16 bits per heavy atom. The summed E-state index contributed by atoms with van der Waals surface area (Å²) in [6.07, 6.45) is 0. The highest BCUT2D eigenvalue weighted by Crippen LogP contribution is 2.29. The van der Waals surface area contributed by atoms with Crippen LogP contribution in [0.4, 0.5) is 4.39 Å². The van der Waals surface area contributed by atoms with Crippen LogP contribution in [0.3, 0.4) is 0 Å². The lowest BCUT2D eigenvalue weighted by atomic mass is 10.2. The molecule has 0 amide bonds. The van der Waals surface area contributed by atoms with Gasteiger partial charge in [-0.05, 0) is 42.5 Å². The van der Waals surface area contributed by atoms with E-state index >= 15 is 0 Å². The highest BCUT2D eigenvalue weighted by atomic mass is 35.5. The molecule has 0 heterocycles. The summed E-state index contributed by atoms with van der Waals surface area (Å²) in [5.74, 6) is -1.27. The monoisotopic (exact) mass is 296 g/mol. The molecule has 0 radical (unpaired) electrons. The highest BCUT2D eigenvalue weighted by Gasteiger charge is 2.12. The number of ether oxygens (including phenoxy) is 1. The maximum atomic E-state index is 13.7. The second-order valence-corrected chi connectivity index (χ2v) is 5.27. The molecule has 0 aliphatic rings. The molecule has 0 N–H and O–H groups in total. The zero-order valence-corrected chi connectivity index (χ0v) is 11.6. The van der Waals surface area contributed by atoms with Crippen molar-refractivity contribution in [2.45, 2.75) is 9.79 Å². The molecule has 2 nitrogen and oxygen atoms in total. The van der Waals surface area contributed by atoms with E-state index in [1.54, 1.807) is 18.2 Å². The summed E-state index contributed by atoms with van der Waals surface area (Å²) in [5.41, 5.74) is -0.0667. The van der Waals surface area contributed by atoms with Crippen LogP contribution < -0.4 is 0 Å². The average molecular weight is 297 g/mol. The number of carbonyl (C=O) groups excluding carboxylic acids is 1. The van der Waals surface area contributed by atoms with Crippen LogP contribution in [0.25, 0.3) is 0 Å². The van der Waals surface area contributed by atoms with E-state index in [9.17, 15) is 9.18 Å². The van der Waals surface area contributed by atoms with Gasteiger partial charge in [-0.15, -0.1) is 0 Å². The maximum absolute atomic E-state index is 13.7. The predicted molar refractivity (Wildman–Crippen MR) is 73.3 cm³/mol. The van der Waals surface area contributed by atoms with Gasteiger partial charge in [-0.2, -0.15) is 0 Å². The average Bonchev–Trinajstić information content (AvgIpc) is 2.41. The van der Waals surface area contributed by atoms with Crippen LogP contribution in [-0.4, -0.2) is 13.1 Å². The molecule has 0 unspecified atom stereocenters. The Morgan fingerprint density at radius 2 is 1.79 bits per heavy atom. The molecule has 0 fully saturated rings. The molecule has 5 heteroatoms. The van der Waals surface area contributed by atoms with Crippen molar-refractivity contribution in [1.82, 2.24) is 0 Å². The topological polar surface area (TPSA) is 26.3 Å². The molecule has 2 rings (SSSR count). The lowest BCUT2D eigenvalue weighted by Gasteiger charge is -2.05. The van der Waals surface area contributed by atoms with Gasteiger partial charge in [0.05, 0.1) is 12.7 Å². The first-order valence-electron chi connectivity index (χ1n) is 5.41. The van der Waals surface area contributed by atoms with Gasteiger partial charge < -0.3 is 4.74 Å². The third kappa shape index (κ3) is 3.49. The smallest absolute Gasteiger partial charge is 0.340 e. The highest BCUT2D eigenvalue weighted by molar-refractivity contribution is 7.99. The molecule has 0 saturated carbocycles. The molecule has 0 bridgehead atoms. The summed E-state index contributed by atoms with van der Waals surface area (Å²) in [6.45, 7) is 0. The van der Waals surface area contributed by atoms with E-state index in [-0.39, 0.29) is 5.56 Å². The van der Waals surface area contributed by atoms with Gasteiger partial charge in [-0.25, -0.2) is 9.18 Å². The van der Waals surface area contributed by atoms with Gasteiger partial charge in [0.25, 0.3) is 0 Å². The minimum atomic E-state index is -0.680. The summed E-state index contributed by atoms with van der Waals surface area (Å²) in [6, 6.07) is 11.6. The Labute approximate surface area is 119 Å². The van der Waals surface area contributed by atoms with Crippen molar-refractivity contribution in [3.63, 3.8) is 0 Å². The van der Waals surface area contributed by atoms with Crippen LogP contribution in [0.5, 0.6) is 0 Å². The van der Waals surface area contributed by atoms with Crippen molar-refractivity contribution in [2.75, 3.05) is 7.11 Å². The van der Waals surface area contributed by atoms with E-state index in [2.05, 4.69) is 4.74 Å². The fourth-order valence-electron chi connectivity index (χ4n) is 1.47. The quantitative estimate of drug-likeness (QED) is 0.785. The SMILES string of the molecule is COC(=O)c1ccc(Sc2ccc(Cl)cc2)cc1F. The van der Waals surface area contributed by atoms with Crippen molar-refractivity contribution in [3.8, 4) is 0 Å². The first kappa shape index (κ1) is 13.9. The molecule has 0 atom stereocenters. The largest absolute Gasteiger partial charge is 0.465 e. The fraction of sp³-hybridized carbons (Fsp3) is 0.0714. The van der Waals surface area contributed by atoms with E-state index < -0.39 is 11.8 Å². The molecular formula is C14H10ClFO2S. The number of carbonyl (C=O) groups is 1. The molecule has 0 aliphatic heterocycles. The minimum Gasteiger partial charge on any atom is -0.465 e. The number of halogens is 2. The van der Waals surface area contributed by atoms with Gasteiger partial charge in [0, 0.05) is 14.8 Å². The van der Waals surface area contributed by atoms with Gasteiger partial charge in [0.1, 0.15) is 5.82 Å². The zero-order chi connectivity index (χ0) is 13.8. The lowest BCUT2D eigenvalue weighted by molar-refractivity contribution is 0.0595. The first-order chi connectivity index (χ1) is 9.10. The number of hydrogen-bond acceptors (Lipinski definition) is 3.